The van der Waals surface area contributed by atoms with Gasteiger partial charge in [-0.15, -0.1) is 11.8 Å². The Balaban J connectivity index is 0.685. The Morgan fingerprint density at radius 1 is 0.915 bits per heavy atom. The number of likely N-dealkylation sites (tertiary alicyclic amines) is 1. The third kappa shape index (κ3) is 8.92. The van der Waals surface area contributed by atoms with Crippen molar-refractivity contribution in [3.05, 3.63) is 0 Å². The first-order chi connectivity index (χ1) is 28.6. The highest BCUT2D eigenvalue weighted by Gasteiger charge is 2.54. The molecule has 5 saturated heterocycles. The van der Waals surface area contributed by atoms with Gasteiger partial charge in [-0.3, -0.25) is 19.6 Å². The molecular weight excluding hydrogens is 761 g/mol. The Labute approximate surface area is 358 Å². The van der Waals surface area contributed by atoms with Crippen LogP contribution in [0, 0.1) is 46.3 Å². The molecule has 8 fully saturated rings. The molecular formula is C45H76N10O3S. The van der Waals surface area contributed by atoms with Gasteiger partial charge in [-0.25, -0.2) is 21.7 Å². The summed E-state index contributed by atoms with van der Waals surface area (Å²) in [5.74, 6) is 2.62. The second-order valence-electron chi connectivity index (χ2n) is 20.6. The van der Waals surface area contributed by atoms with Crippen LogP contribution in [0.5, 0.6) is 0 Å². The van der Waals surface area contributed by atoms with Crippen molar-refractivity contribution in [3.63, 3.8) is 0 Å². The number of carbonyl (C=O) groups excluding carboxylic acids is 1. The van der Waals surface area contributed by atoms with Crippen LogP contribution in [0.2, 0.25) is 0 Å². The molecule has 14 heteroatoms. The van der Waals surface area contributed by atoms with Crippen molar-refractivity contribution >= 4 is 23.4 Å². The number of methoxy groups -OCH3 is 1. The summed E-state index contributed by atoms with van der Waals surface area (Å²) in [5, 5.41) is 18.0. The number of hydrazine groups is 2. The highest BCUT2D eigenvalue weighted by molar-refractivity contribution is 8.00. The molecule has 6 aliphatic heterocycles. The monoisotopic (exact) mass is 837 g/mol. The fourth-order valence-corrected chi connectivity index (χ4v) is 15.1. The van der Waals surface area contributed by atoms with Crippen LogP contribution in [0.4, 0.5) is 0 Å². The van der Waals surface area contributed by atoms with E-state index < -0.39 is 0 Å². The Morgan fingerprint density at radius 3 is 2.42 bits per heavy atom. The summed E-state index contributed by atoms with van der Waals surface area (Å²) >= 11 is 2.18. The number of nitrogens with one attached hydrogen (secondary N) is 6. The summed E-state index contributed by atoms with van der Waals surface area (Å²) in [5.41, 5.74) is 16.1. The molecule has 13 nitrogen and oxygen atoms in total. The molecule has 0 aromatic rings. The molecule has 1 spiro atoms. The number of hydrogen-bond acceptors (Lipinski definition) is 13. The summed E-state index contributed by atoms with van der Waals surface area (Å²) in [6.45, 7) is 13.0. The minimum absolute atomic E-state index is 0.0237. The fourth-order valence-electron chi connectivity index (χ4n) is 13.3. The highest BCUT2D eigenvalue weighted by Crippen LogP contribution is 2.51. The van der Waals surface area contributed by atoms with Gasteiger partial charge in [0.2, 0.25) is 5.91 Å². The van der Waals surface area contributed by atoms with Crippen molar-refractivity contribution in [3.8, 4) is 6.07 Å². The van der Waals surface area contributed by atoms with Crippen molar-refractivity contribution in [2.75, 3.05) is 26.7 Å². The highest BCUT2D eigenvalue weighted by atomic mass is 32.2. The second-order valence-corrected chi connectivity index (χ2v) is 22.1. The number of nitriles is 1. The van der Waals surface area contributed by atoms with Gasteiger partial charge in [-0.1, -0.05) is 13.8 Å². The molecule has 6 heterocycles. The number of piperidine rings is 1. The van der Waals surface area contributed by atoms with Crippen LogP contribution in [-0.4, -0.2) is 120 Å². The molecule has 9 aliphatic rings. The van der Waals surface area contributed by atoms with Crippen LogP contribution < -0.4 is 32.3 Å². The molecule has 0 bridgehead atoms. The standard InChI is InChI=1S/C45H76N10O3S/c1-26-28(3)59-44-40(26)41(48-27(2)42-53-50-29(4)55(42)44)32-7-13-36(47-24-32)30-16-18-45(19-17-30)20-21-54(25-45)39-15-14-37(51-52-39)43(56)49-33-8-11-34(12-9-33)58-35-10-6-31(23-46)38(22-35)57-5/h26-40,42,44,47,50-53H,6-22,24-25H2,1-5H3,(H,49,56)/t26?,27-,28?,29?,30?,31?,32?,33?,34?,35?,36?,37?,38?,39?,40?,42?,44?,45?/m0/s1. The Kier molecular flexibility index (Phi) is 13.4. The molecule has 9 rings (SSSR count). The zero-order chi connectivity index (χ0) is 40.8. The SMILES string of the molecule is COC1CC(OC2CCC(NC(=O)C3CCC(N4CCC5(CCC(C6CCC(C7=N[C@@H](C)C8NNC(C)N8C8SC(C)C(C)C78)CN6)CC5)C4)NN3)CC2)CCC1C#N. The van der Waals surface area contributed by atoms with Gasteiger partial charge in [0.1, 0.15) is 6.04 Å². The van der Waals surface area contributed by atoms with Crippen LogP contribution in [0.1, 0.15) is 130 Å². The maximum absolute atomic E-state index is 13.3. The number of ether oxygens (including phenoxy) is 2. The Morgan fingerprint density at radius 2 is 1.71 bits per heavy atom. The van der Waals surface area contributed by atoms with Crippen molar-refractivity contribution in [2.45, 2.75) is 202 Å². The fraction of sp³-hybridized carbons (Fsp3) is 0.933. The van der Waals surface area contributed by atoms with E-state index in [1.165, 1.54) is 57.2 Å². The molecule has 3 saturated carbocycles. The molecule has 1 amide bonds. The van der Waals surface area contributed by atoms with Gasteiger partial charge in [0.25, 0.3) is 0 Å². The predicted octanol–water partition coefficient (Wildman–Crippen LogP) is 4.61. The first-order valence-corrected chi connectivity index (χ1v) is 24.9. The third-order valence-corrected chi connectivity index (χ3v) is 18.8. The van der Waals surface area contributed by atoms with E-state index in [1.54, 1.807) is 7.11 Å². The maximum atomic E-state index is 13.3. The van der Waals surface area contributed by atoms with E-state index in [9.17, 15) is 10.1 Å². The van der Waals surface area contributed by atoms with Gasteiger partial charge in [0.15, 0.2) is 0 Å². The summed E-state index contributed by atoms with van der Waals surface area (Å²) < 4.78 is 12.1. The Hall–Kier alpha value is -1.38. The predicted molar refractivity (Wildman–Crippen MR) is 233 cm³/mol. The summed E-state index contributed by atoms with van der Waals surface area (Å²) in [4.78, 5) is 24.3. The minimum Gasteiger partial charge on any atom is -0.380 e. The number of amides is 1. The van der Waals surface area contributed by atoms with Gasteiger partial charge in [0.05, 0.1) is 60.2 Å². The molecule has 0 aromatic carbocycles. The second kappa shape index (κ2) is 18.4. The van der Waals surface area contributed by atoms with Crippen molar-refractivity contribution < 1.29 is 14.3 Å². The average Bonchev–Trinajstić information content (AvgIpc) is 3.92. The van der Waals surface area contributed by atoms with Gasteiger partial charge in [-0.2, -0.15) is 5.26 Å². The van der Waals surface area contributed by atoms with Crippen LogP contribution in [0.3, 0.4) is 0 Å². The van der Waals surface area contributed by atoms with E-state index in [1.807, 2.05) is 0 Å². The van der Waals surface area contributed by atoms with E-state index in [0.29, 0.717) is 52.2 Å². The number of thioether (sulfide) groups is 1. The number of hydrogen-bond donors (Lipinski definition) is 6. The number of fused-ring (bicyclic) bond motifs is 3. The third-order valence-electron chi connectivity index (χ3n) is 17.1. The number of carbonyl (C=O) groups is 1. The molecule has 59 heavy (non-hydrogen) atoms. The lowest BCUT2D eigenvalue weighted by atomic mass is 9.67. The summed E-state index contributed by atoms with van der Waals surface area (Å²) in [7, 11) is 1.70. The molecule has 13 unspecified atom stereocenters. The smallest absolute Gasteiger partial charge is 0.238 e. The first-order valence-electron chi connectivity index (χ1n) is 24.0. The lowest BCUT2D eigenvalue weighted by Crippen LogP contribution is -2.62. The quantitative estimate of drug-likeness (QED) is 0.203. The van der Waals surface area contributed by atoms with Crippen LogP contribution in [0.25, 0.3) is 0 Å². The molecule has 14 atom stereocenters. The van der Waals surface area contributed by atoms with Crippen molar-refractivity contribution in [2.24, 2.45) is 40.0 Å². The van der Waals surface area contributed by atoms with E-state index in [-0.39, 0.29) is 54.4 Å². The van der Waals surface area contributed by atoms with E-state index >= 15 is 0 Å². The normalized spacial score (nSPS) is 48.5. The van der Waals surface area contributed by atoms with E-state index in [4.69, 9.17) is 14.5 Å². The summed E-state index contributed by atoms with van der Waals surface area (Å²) in [6, 6.07) is 3.32. The topological polar surface area (TPSA) is 150 Å². The largest absolute Gasteiger partial charge is 0.380 e. The Bertz CT molecular complexity index is 1520. The zero-order valence-electron chi connectivity index (χ0n) is 36.7. The average molecular weight is 837 g/mol. The van der Waals surface area contributed by atoms with Gasteiger partial charge in [-0.05, 0) is 127 Å². The molecule has 6 N–H and O–H groups in total. The maximum Gasteiger partial charge on any atom is 0.238 e. The van der Waals surface area contributed by atoms with E-state index in [2.05, 4.69) is 87.7 Å². The number of rotatable bonds is 8. The minimum atomic E-state index is -0.185. The number of aliphatic imine (C=N–C) groups is 1. The molecule has 0 aromatic heterocycles. The van der Waals surface area contributed by atoms with Gasteiger partial charge < -0.3 is 20.1 Å². The van der Waals surface area contributed by atoms with Gasteiger partial charge >= 0.3 is 0 Å². The van der Waals surface area contributed by atoms with Crippen molar-refractivity contribution in [1.82, 2.24) is 42.1 Å². The van der Waals surface area contributed by atoms with Crippen molar-refractivity contribution in [1.29, 1.82) is 5.26 Å². The van der Waals surface area contributed by atoms with Gasteiger partial charge in [0, 0.05) is 68.0 Å². The van der Waals surface area contributed by atoms with E-state index in [0.717, 1.165) is 76.8 Å². The van der Waals surface area contributed by atoms with Crippen LogP contribution in [0.15, 0.2) is 4.99 Å². The lowest BCUT2D eigenvalue weighted by Gasteiger charge is -2.44. The molecule has 330 valence electrons. The zero-order valence-corrected chi connectivity index (χ0v) is 37.5. The number of nitrogens with zero attached hydrogens (tertiary/aromatic N) is 4. The van der Waals surface area contributed by atoms with Crippen LogP contribution in [-0.2, 0) is 14.3 Å². The summed E-state index contributed by atoms with van der Waals surface area (Å²) in [6.07, 6.45) is 18.8. The molecule has 3 aliphatic carbocycles. The lowest BCUT2D eigenvalue weighted by molar-refractivity contribution is -0.126. The molecule has 0 radical (unpaired) electrons. The first kappa shape index (κ1) is 42.9. The van der Waals surface area contributed by atoms with Crippen LogP contribution >= 0.6 is 11.8 Å².